The van der Waals surface area contributed by atoms with E-state index < -0.39 is 5.92 Å². The Balaban J connectivity index is 2.46. The van der Waals surface area contributed by atoms with Crippen LogP contribution in [0.4, 0.5) is 0 Å². The number of nitrogens with one attached hydrogen (secondary N) is 1. The van der Waals surface area contributed by atoms with Crippen LogP contribution in [0.5, 0.6) is 0 Å². The zero-order valence-corrected chi connectivity index (χ0v) is 6.42. The fraction of sp³-hybridized carbons (Fsp3) is 0.714. The molecule has 1 rings (SSSR count). The molecule has 0 aromatic rings. The van der Waals surface area contributed by atoms with E-state index >= 15 is 0 Å². The molecule has 0 aromatic heterocycles. The van der Waals surface area contributed by atoms with Gasteiger partial charge in [-0.3, -0.25) is 10.2 Å². The number of hydrogen-bond donors (Lipinski definition) is 1. The van der Waals surface area contributed by atoms with Crippen molar-refractivity contribution in [2.45, 2.75) is 13.3 Å². The molecule has 1 fully saturated rings. The highest BCUT2D eigenvalue weighted by molar-refractivity contribution is 5.97. The Morgan fingerprint density at radius 3 is 3.09 bits per heavy atom. The van der Waals surface area contributed by atoms with E-state index in [-0.39, 0.29) is 11.9 Å². The number of esters is 1. The first-order valence-corrected chi connectivity index (χ1v) is 3.63. The minimum absolute atomic E-state index is 0.0449. The first-order chi connectivity index (χ1) is 5.25. The van der Waals surface area contributed by atoms with Crippen molar-refractivity contribution < 1.29 is 14.3 Å². The Kier molecular flexibility index (Phi) is 2.46. The number of hydrogen-bond acceptors (Lipinski definition) is 4. The summed E-state index contributed by atoms with van der Waals surface area (Å²) in [4.78, 5) is 11.0. The summed E-state index contributed by atoms with van der Waals surface area (Å²) in [5.41, 5.74) is 0. The molecular formula is C7H11NO3. The van der Waals surface area contributed by atoms with Gasteiger partial charge >= 0.3 is 5.97 Å². The van der Waals surface area contributed by atoms with Gasteiger partial charge in [0.15, 0.2) is 5.90 Å². The van der Waals surface area contributed by atoms with Gasteiger partial charge in [-0.25, -0.2) is 0 Å². The van der Waals surface area contributed by atoms with E-state index in [1.54, 1.807) is 6.92 Å². The molecule has 4 nitrogen and oxygen atoms in total. The van der Waals surface area contributed by atoms with Gasteiger partial charge in [0.05, 0.1) is 13.2 Å². The van der Waals surface area contributed by atoms with Gasteiger partial charge in [-0.15, -0.1) is 0 Å². The predicted molar refractivity (Wildman–Crippen MR) is 38.4 cm³/mol. The highest BCUT2D eigenvalue weighted by atomic mass is 16.5. The largest absolute Gasteiger partial charge is 0.480 e. The average molecular weight is 157 g/mol. The lowest BCUT2D eigenvalue weighted by atomic mass is 10.1. The van der Waals surface area contributed by atoms with Crippen molar-refractivity contribution in [2.75, 3.05) is 13.2 Å². The zero-order valence-electron chi connectivity index (χ0n) is 6.42. The van der Waals surface area contributed by atoms with Crippen molar-refractivity contribution in [2.24, 2.45) is 5.92 Å². The van der Waals surface area contributed by atoms with Crippen LogP contribution in [0.15, 0.2) is 0 Å². The highest BCUT2D eigenvalue weighted by Crippen LogP contribution is 2.15. The molecule has 1 unspecified atom stereocenters. The van der Waals surface area contributed by atoms with Crippen molar-refractivity contribution >= 4 is 11.9 Å². The third-order valence-electron chi connectivity index (χ3n) is 1.55. The second-order valence-electron chi connectivity index (χ2n) is 2.31. The maximum Gasteiger partial charge on any atom is 0.318 e. The maximum atomic E-state index is 11.0. The third-order valence-corrected chi connectivity index (χ3v) is 1.55. The van der Waals surface area contributed by atoms with Gasteiger partial charge in [-0.2, -0.15) is 0 Å². The Morgan fingerprint density at radius 2 is 2.64 bits per heavy atom. The summed E-state index contributed by atoms with van der Waals surface area (Å²) >= 11 is 0. The van der Waals surface area contributed by atoms with Gasteiger partial charge in [0.25, 0.3) is 0 Å². The molecule has 0 bridgehead atoms. The van der Waals surface area contributed by atoms with Crippen molar-refractivity contribution in [1.82, 2.24) is 0 Å². The Bertz CT molecular complexity index is 179. The lowest BCUT2D eigenvalue weighted by molar-refractivity contribution is -0.145. The SMILES string of the molecule is CCOC(=O)C1CCOC1=N. The van der Waals surface area contributed by atoms with Crippen molar-refractivity contribution in [1.29, 1.82) is 5.41 Å². The summed E-state index contributed by atoms with van der Waals surface area (Å²) in [7, 11) is 0. The van der Waals surface area contributed by atoms with Gasteiger partial charge in [-0.05, 0) is 6.92 Å². The third kappa shape index (κ3) is 1.69. The standard InChI is InChI=1S/C7H11NO3/c1-2-10-7(9)5-3-4-11-6(5)8/h5,8H,2-4H2,1H3. The summed E-state index contributed by atoms with van der Waals surface area (Å²) in [5.74, 6) is -0.742. The van der Waals surface area contributed by atoms with Crippen LogP contribution in [-0.4, -0.2) is 25.1 Å². The lowest BCUT2D eigenvalue weighted by Crippen LogP contribution is -2.21. The van der Waals surface area contributed by atoms with E-state index in [9.17, 15) is 4.79 Å². The van der Waals surface area contributed by atoms with Crippen LogP contribution in [0.2, 0.25) is 0 Å². The number of carbonyl (C=O) groups is 1. The Labute approximate surface area is 65.0 Å². The smallest absolute Gasteiger partial charge is 0.318 e. The molecule has 0 radical (unpaired) electrons. The molecular weight excluding hydrogens is 146 g/mol. The molecule has 1 heterocycles. The maximum absolute atomic E-state index is 11.0. The molecule has 1 atom stereocenters. The van der Waals surface area contributed by atoms with Crippen LogP contribution in [0.25, 0.3) is 0 Å². The van der Waals surface area contributed by atoms with Crippen LogP contribution in [0, 0.1) is 11.3 Å². The van der Waals surface area contributed by atoms with E-state index in [0.717, 1.165) is 0 Å². The van der Waals surface area contributed by atoms with Crippen molar-refractivity contribution in [3.8, 4) is 0 Å². The van der Waals surface area contributed by atoms with Crippen molar-refractivity contribution in [3.63, 3.8) is 0 Å². The molecule has 1 aliphatic rings. The van der Waals surface area contributed by atoms with Crippen LogP contribution in [0.3, 0.4) is 0 Å². The van der Waals surface area contributed by atoms with E-state index in [4.69, 9.17) is 14.9 Å². The summed E-state index contributed by atoms with van der Waals surface area (Å²) in [5, 5.41) is 7.19. The van der Waals surface area contributed by atoms with Gasteiger partial charge in [0.2, 0.25) is 0 Å². The Hall–Kier alpha value is -1.06. The summed E-state index contributed by atoms with van der Waals surface area (Å²) < 4.78 is 9.55. The molecule has 0 aromatic carbocycles. The summed E-state index contributed by atoms with van der Waals surface area (Å²) in [6, 6.07) is 0. The molecule has 62 valence electrons. The number of rotatable bonds is 2. The van der Waals surface area contributed by atoms with Crippen LogP contribution >= 0.6 is 0 Å². The highest BCUT2D eigenvalue weighted by Gasteiger charge is 2.31. The minimum Gasteiger partial charge on any atom is -0.480 e. The zero-order chi connectivity index (χ0) is 8.27. The molecule has 0 amide bonds. The fourth-order valence-electron chi connectivity index (χ4n) is 0.986. The predicted octanol–water partition coefficient (Wildman–Crippen LogP) is 0.563. The van der Waals surface area contributed by atoms with E-state index in [0.29, 0.717) is 19.6 Å². The second-order valence-corrected chi connectivity index (χ2v) is 2.31. The molecule has 1 saturated heterocycles. The average Bonchev–Trinajstić information content (AvgIpc) is 2.36. The molecule has 11 heavy (non-hydrogen) atoms. The molecule has 0 aliphatic carbocycles. The summed E-state index contributed by atoms with van der Waals surface area (Å²) in [6.07, 6.45) is 0.581. The normalized spacial score (nSPS) is 23.0. The molecule has 1 aliphatic heterocycles. The fourth-order valence-corrected chi connectivity index (χ4v) is 0.986. The van der Waals surface area contributed by atoms with Gasteiger partial charge in [0.1, 0.15) is 5.92 Å². The quantitative estimate of drug-likeness (QED) is 0.596. The molecule has 0 saturated carbocycles. The van der Waals surface area contributed by atoms with Gasteiger partial charge < -0.3 is 9.47 Å². The van der Waals surface area contributed by atoms with E-state index in [1.807, 2.05) is 0 Å². The van der Waals surface area contributed by atoms with Crippen molar-refractivity contribution in [3.05, 3.63) is 0 Å². The van der Waals surface area contributed by atoms with Crippen LogP contribution < -0.4 is 0 Å². The van der Waals surface area contributed by atoms with E-state index in [2.05, 4.69) is 0 Å². The molecule has 0 spiro atoms. The second kappa shape index (κ2) is 3.37. The number of carbonyl (C=O) groups excluding carboxylic acids is 1. The monoisotopic (exact) mass is 157 g/mol. The first kappa shape index (κ1) is 8.04. The molecule has 1 N–H and O–H groups in total. The summed E-state index contributed by atoms with van der Waals surface area (Å²) in [6.45, 7) is 2.57. The topological polar surface area (TPSA) is 59.4 Å². The van der Waals surface area contributed by atoms with Crippen LogP contribution in [0.1, 0.15) is 13.3 Å². The van der Waals surface area contributed by atoms with Crippen LogP contribution in [-0.2, 0) is 14.3 Å². The minimum atomic E-state index is -0.449. The Morgan fingerprint density at radius 1 is 1.91 bits per heavy atom. The first-order valence-electron chi connectivity index (χ1n) is 3.63. The van der Waals surface area contributed by atoms with Gasteiger partial charge in [-0.1, -0.05) is 0 Å². The van der Waals surface area contributed by atoms with E-state index in [1.165, 1.54) is 0 Å². The van der Waals surface area contributed by atoms with Gasteiger partial charge in [0, 0.05) is 6.42 Å². The number of ether oxygens (including phenoxy) is 2. The molecule has 4 heteroatoms. The lowest BCUT2D eigenvalue weighted by Gasteiger charge is -2.05.